The Kier molecular flexibility index (Phi) is 4.43. The Balaban J connectivity index is 1.54. The molecule has 1 aromatic carbocycles. The van der Waals surface area contributed by atoms with Crippen LogP contribution in [0.15, 0.2) is 36.7 Å². The highest BCUT2D eigenvalue weighted by molar-refractivity contribution is 7.20. The third-order valence-electron chi connectivity index (χ3n) is 4.66. The van der Waals surface area contributed by atoms with Crippen molar-refractivity contribution >= 4 is 22.2 Å². The van der Waals surface area contributed by atoms with Gasteiger partial charge < -0.3 is 9.80 Å². The number of halogens is 3. The maximum Gasteiger partial charge on any atom is 0.416 e. The average Bonchev–Trinajstić information content (AvgIpc) is 3.20. The summed E-state index contributed by atoms with van der Waals surface area (Å²) in [6, 6.07) is 5.04. The third kappa shape index (κ3) is 3.57. The number of likely N-dealkylation sites (N-methyl/N-ethyl adjacent to an activating group) is 1. The first-order valence-electron chi connectivity index (χ1n) is 8.45. The smallest absolute Gasteiger partial charge is 0.335 e. The largest absolute Gasteiger partial charge is 0.416 e. The molecule has 0 N–H and O–H groups in total. The average molecular weight is 394 g/mol. The number of fused-ring (bicyclic) bond motifs is 1. The molecule has 1 aliphatic rings. The molecule has 1 saturated heterocycles. The van der Waals surface area contributed by atoms with Gasteiger partial charge in [0.15, 0.2) is 4.96 Å². The van der Waals surface area contributed by atoms with E-state index in [0.29, 0.717) is 29.3 Å². The lowest BCUT2D eigenvalue weighted by molar-refractivity contribution is -0.137. The van der Waals surface area contributed by atoms with Crippen LogP contribution in [0.25, 0.3) is 15.4 Å². The first-order chi connectivity index (χ1) is 12.8. The van der Waals surface area contributed by atoms with E-state index in [0.717, 1.165) is 30.1 Å². The van der Waals surface area contributed by atoms with Crippen LogP contribution in [0.3, 0.4) is 0 Å². The molecule has 4 rings (SSSR count). The monoisotopic (exact) mass is 394 g/mol. The molecule has 1 aliphatic heterocycles. The van der Waals surface area contributed by atoms with Crippen molar-refractivity contribution in [1.82, 2.24) is 19.2 Å². The zero-order chi connectivity index (χ0) is 19.2. The summed E-state index contributed by atoms with van der Waals surface area (Å²) in [5.74, 6) is -0.0879. The molecule has 1 amide bonds. The van der Waals surface area contributed by atoms with Gasteiger partial charge in [0, 0.05) is 38.6 Å². The fourth-order valence-corrected chi connectivity index (χ4v) is 4.00. The number of piperazine rings is 1. The van der Waals surface area contributed by atoms with Crippen LogP contribution >= 0.6 is 11.3 Å². The Morgan fingerprint density at radius 3 is 2.33 bits per heavy atom. The number of hydrogen-bond donors (Lipinski definition) is 0. The van der Waals surface area contributed by atoms with Gasteiger partial charge in [-0.05, 0) is 24.7 Å². The van der Waals surface area contributed by atoms with E-state index < -0.39 is 11.7 Å². The number of hydrogen-bond acceptors (Lipinski definition) is 4. The van der Waals surface area contributed by atoms with E-state index in [2.05, 4.69) is 9.88 Å². The molecule has 0 saturated carbocycles. The van der Waals surface area contributed by atoms with Crippen molar-refractivity contribution in [3.8, 4) is 10.4 Å². The van der Waals surface area contributed by atoms with Crippen LogP contribution in [0.4, 0.5) is 13.2 Å². The second-order valence-electron chi connectivity index (χ2n) is 6.58. The molecule has 9 heteroatoms. The Morgan fingerprint density at radius 1 is 1.07 bits per heavy atom. The second-order valence-corrected chi connectivity index (χ2v) is 7.59. The van der Waals surface area contributed by atoms with Crippen LogP contribution in [0.1, 0.15) is 16.1 Å². The number of carbonyl (C=O) groups is 1. The maximum absolute atomic E-state index is 12.7. The lowest BCUT2D eigenvalue weighted by Crippen LogP contribution is -2.47. The predicted molar refractivity (Wildman–Crippen MR) is 96.9 cm³/mol. The van der Waals surface area contributed by atoms with Crippen molar-refractivity contribution in [2.24, 2.45) is 0 Å². The van der Waals surface area contributed by atoms with E-state index >= 15 is 0 Å². The minimum Gasteiger partial charge on any atom is -0.335 e. The summed E-state index contributed by atoms with van der Waals surface area (Å²) in [5, 5.41) is 0. The highest BCUT2D eigenvalue weighted by Gasteiger charge is 2.30. The normalized spacial score (nSPS) is 16.2. The Morgan fingerprint density at radius 2 is 1.74 bits per heavy atom. The van der Waals surface area contributed by atoms with E-state index in [-0.39, 0.29) is 5.91 Å². The number of nitrogens with zero attached hydrogens (tertiary/aromatic N) is 4. The molecule has 5 nitrogen and oxygen atoms in total. The molecular formula is C18H17F3N4OS. The molecule has 3 aromatic rings. The molecule has 0 aliphatic carbocycles. The lowest BCUT2D eigenvalue weighted by atomic mass is 10.1. The van der Waals surface area contributed by atoms with Crippen LogP contribution in [-0.2, 0) is 6.18 Å². The Labute approximate surface area is 157 Å². The number of aromatic nitrogens is 2. The summed E-state index contributed by atoms with van der Waals surface area (Å²) in [7, 11) is 2.02. The fourth-order valence-electron chi connectivity index (χ4n) is 3.03. The quantitative estimate of drug-likeness (QED) is 0.668. The van der Waals surface area contributed by atoms with E-state index in [1.807, 2.05) is 7.05 Å². The molecule has 27 heavy (non-hydrogen) atoms. The summed E-state index contributed by atoms with van der Waals surface area (Å²) in [6.07, 6.45) is -0.877. The highest BCUT2D eigenvalue weighted by atomic mass is 32.1. The van der Waals surface area contributed by atoms with E-state index in [1.165, 1.54) is 23.5 Å². The van der Waals surface area contributed by atoms with Gasteiger partial charge in [-0.3, -0.25) is 9.20 Å². The lowest BCUT2D eigenvalue weighted by Gasteiger charge is -2.31. The standard InChI is InChI=1S/C18H17F3N4OS/c1-23-6-8-24(9-7-23)16(26)14-10-25-11-15(27-17(25)22-14)12-2-4-13(5-3-12)18(19,20)21/h2-5,10-11H,6-9H2,1H3. The summed E-state index contributed by atoms with van der Waals surface area (Å²) in [4.78, 5) is 22.4. The number of amides is 1. The molecule has 1 fully saturated rings. The van der Waals surface area contributed by atoms with Crippen LogP contribution in [0.2, 0.25) is 0 Å². The summed E-state index contributed by atoms with van der Waals surface area (Å²) in [6.45, 7) is 3.03. The van der Waals surface area contributed by atoms with Gasteiger partial charge in [0.05, 0.1) is 10.4 Å². The van der Waals surface area contributed by atoms with Gasteiger partial charge >= 0.3 is 6.18 Å². The number of carbonyl (C=O) groups excluding carboxylic acids is 1. The van der Waals surface area contributed by atoms with E-state index in [9.17, 15) is 18.0 Å². The molecule has 0 radical (unpaired) electrons. The molecule has 3 heterocycles. The number of rotatable bonds is 2. The fraction of sp³-hybridized carbons (Fsp3) is 0.333. The van der Waals surface area contributed by atoms with Crippen LogP contribution in [0.5, 0.6) is 0 Å². The summed E-state index contributed by atoms with van der Waals surface area (Å²) < 4.78 is 39.8. The van der Waals surface area contributed by atoms with Crippen LogP contribution in [-0.4, -0.2) is 58.3 Å². The van der Waals surface area contributed by atoms with Crippen LogP contribution in [0, 0.1) is 0 Å². The third-order valence-corrected chi connectivity index (χ3v) is 5.71. The minimum atomic E-state index is -4.35. The molecule has 142 valence electrons. The second kappa shape index (κ2) is 6.65. The molecule has 0 spiro atoms. The van der Waals surface area contributed by atoms with E-state index in [4.69, 9.17) is 0 Å². The molecule has 0 atom stereocenters. The van der Waals surface area contributed by atoms with Gasteiger partial charge in [-0.15, -0.1) is 0 Å². The van der Waals surface area contributed by atoms with Crippen molar-refractivity contribution in [2.75, 3.05) is 33.2 Å². The van der Waals surface area contributed by atoms with E-state index in [1.54, 1.807) is 21.7 Å². The van der Waals surface area contributed by atoms with Gasteiger partial charge in [0.2, 0.25) is 0 Å². The van der Waals surface area contributed by atoms with Crippen LogP contribution < -0.4 is 0 Å². The predicted octanol–water partition coefficient (Wildman–Crippen LogP) is 3.47. The van der Waals surface area contributed by atoms with Crippen molar-refractivity contribution in [2.45, 2.75) is 6.18 Å². The Bertz CT molecular complexity index is 937. The van der Waals surface area contributed by atoms with Gasteiger partial charge in [0.25, 0.3) is 5.91 Å². The zero-order valence-electron chi connectivity index (χ0n) is 14.5. The van der Waals surface area contributed by atoms with Crippen molar-refractivity contribution < 1.29 is 18.0 Å². The van der Waals surface area contributed by atoms with Gasteiger partial charge in [-0.25, -0.2) is 4.98 Å². The zero-order valence-corrected chi connectivity index (χ0v) is 15.3. The summed E-state index contributed by atoms with van der Waals surface area (Å²) >= 11 is 1.34. The minimum absolute atomic E-state index is 0.0879. The van der Waals surface area contributed by atoms with Crippen molar-refractivity contribution in [3.63, 3.8) is 0 Å². The molecule has 2 aromatic heterocycles. The first-order valence-corrected chi connectivity index (χ1v) is 9.27. The number of benzene rings is 1. The van der Waals surface area contributed by atoms with Gasteiger partial charge in [0.1, 0.15) is 5.69 Å². The van der Waals surface area contributed by atoms with Gasteiger partial charge in [-0.1, -0.05) is 23.5 Å². The number of thiazole rings is 1. The molecule has 0 unspecified atom stereocenters. The Hall–Kier alpha value is -2.39. The maximum atomic E-state index is 12.7. The summed E-state index contributed by atoms with van der Waals surface area (Å²) in [5.41, 5.74) is 0.405. The molecule has 0 bridgehead atoms. The number of imidazole rings is 1. The topological polar surface area (TPSA) is 40.9 Å². The number of alkyl halides is 3. The molecular weight excluding hydrogens is 377 g/mol. The van der Waals surface area contributed by atoms with Crippen molar-refractivity contribution in [1.29, 1.82) is 0 Å². The first kappa shape index (κ1) is 18.0. The van der Waals surface area contributed by atoms with Gasteiger partial charge in [-0.2, -0.15) is 13.2 Å². The highest BCUT2D eigenvalue weighted by Crippen LogP contribution is 2.33. The van der Waals surface area contributed by atoms with Crippen molar-refractivity contribution in [3.05, 3.63) is 47.9 Å². The SMILES string of the molecule is CN1CCN(C(=O)c2cn3cc(-c4ccc(C(F)(F)F)cc4)sc3n2)CC1.